The minimum Gasteiger partial charge on any atom is -0.462 e. The average molecular weight is 553 g/mol. The highest BCUT2D eigenvalue weighted by atomic mass is 32.2. The van der Waals surface area contributed by atoms with Gasteiger partial charge in [0.2, 0.25) is 0 Å². The normalized spacial score (nSPS) is 24.2. The first-order valence-corrected chi connectivity index (χ1v) is 14.0. The molecule has 2 unspecified atom stereocenters. The molecule has 3 aromatic rings. The first-order chi connectivity index (χ1) is 17.6. The molecule has 0 amide bonds. The fourth-order valence-electron chi connectivity index (χ4n) is 3.66. The lowest BCUT2D eigenvalue weighted by Gasteiger charge is -2.25. The lowest BCUT2D eigenvalue weighted by molar-refractivity contribution is -0.149. The number of anilines is 1. The first-order valence-electron chi connectivity index (χ1n) is 11.5. The highest BCUT2D eigenvalue weighted by Crippen LogP contribution is 2.48. The Balaban J connectivity index is 1.50. The van der Waals surface area contributed by atoms with Gasteiger partial charge in [0.05, 0.1) is 30.4 Å². The summed E-state index contributed by atoms with van der Waals surface area (Å²) < 4.78 is 31.8. The molecule has 0 saturated carbocycles. The van der Waals surface area contributed by atoms with E-state index in [0.717, 1.165) is 0 Å². The smallest absolute Gasteiger partial charge is 0.459 e. The van der Waals surface area contributed by atoms with Crippen LogP contribution < -0.4 is 15.3 Å². The quantitative estimate of drug-likeness (QED) is 0.211. The number of esters is 1. The molecule has 1 aliphatic rings. The van der Waals surface area contributed by atoms with Crippen molar-refractivity contribution in [2.24, 2.45) is 0 Å². The third-order valence-corrected chi connectivity index (χ3v) is 8.63. The standard InChI is InChI=1S/C22H29N6O7PS/c1-12(2)34-22(31)13(3)27-36(32,35-14-7-5-4-6-8-14)33-9-15-17(29)18(30)21(37-15)28-11-26-16-19(23)24-10-25-20(16)28/h4-8,10-13,15,17-18,21,29-30H,9H2,1-3H3,(H,27,32)(H2,23,24,25)/t13-,15+,17?,18?,21+,36-/m0/s1. The summed E-state index contributed by atoms with van der Waals surface area (Å²) in [6.07, 6.45) is -0.0720. The zero-order chi connectivity index (χ0) is 26.7. The van der Waals surface area contributed by atoms with Gasteiger partial charge in [0, 0.05) is 0 Å². The van der Waals surface area contributed by atoms with E-state index in [4.69, 9.17) is 19.5 Å². The van der Waals surface area contributed by atoms with Crippen LogP contribution in [0.1, 0.15) is 26.1 Å². The Morgan fingerprint density at radius 2 is 1.92 bits per heavy atom. The third kappa shape index (κ3) is 6.22. The number of fused-ring (bicyclic) bond motifs is 1. The Kier molecular flexibility index (Phi) is 8.36. The minimum absolute atomic E-state index is 0.192. The third-order valence-electron chi connectivity index (χ3n) is 5.43. The number of carbonyl (C=O) groups is 1. The van der Waals surface area contributed by atoms with E-state index in [1.807, 2.05) is 0 Å². The lowest BCUT2D eigenvalue weighted by atomic mass is 10.1. The Hall–Kier alpha value is -2.74. The first kappa shape index (κ1) is 27.3. The highest BCUT2D eigenvalue weighted by Gasteiger charge is 2.45. The van der Waals surface area contributed by atoms with Gasteiger partial charge in [0.15, 0.2) is 11.5 Å². The maximum absolute atomic E-state index is 13.7. The van der Waals surface area contributed by atoms with Gasteiger partial charge in [-0.3, -0.25) is 13.9 Å². The summed E-state index contributed by atoms with van der Waals surface area (Å²) in [4.78, 5) is 24.6. The Labute approximate surface area is 217 Å². The molecule has 200 valence electrons. The highest BCUT2D eigenvalue weighted by molar-refractivity contribution is 8.00. The molecule has 0 aliphatic carbocycles. The second-order valence-corrected chi connectivity index (χ2v) is 11.7. The number of aromatic nitrogens is 4. The van der Waals surface area contributed by atoms with Gasteiger partial charge in [-0.1, -0.05) is 18.2 Å². The number of thioether (sulfide) groups is 1. The van der Waals surface area contributed by atoms with E-state index in [1.54, 1.807) is 48.7 Å². The van der Waals surface area contributed by atoms with Crippen LogP contribution in [-0.2, 0) is 18.6 Å². The number of hydrogen-bond donors (Lipinski definition) is 4. The summed E-state index contributed by atoms with van der Waals surface area (Å²) in [5.74, 6) is -0.186. The fraction of sp³-hybridized carbons (Fsp3) is 0.455. The van der Waals surface area contributed by atoms with Gasteiger partial charge in [0.1, 0.15) is 35.1 Å². The van der Waals surface area contributed by atoms with Crippen molar-refractivity contribution in [1.82, 2.24) is 24.6 Å². The van der Waals surface area contributed by atoms with Crippen LogP contribution in [0.5, 0.6) is 5.75 Å². The van der Waals surface area contributed by atoms with Crippen LogP contribution in [0.2, 0.25) is 0 Å². The van der Waals surface area contributed by atoms with E-state index in [1.165, 1.54) is 31.3 Å². The molecule has 1 aliphatic heterocycles. The lowest BCUT2D eigenvalue weighted by Crippen LogP contribution is -2.37. The molecule has 1 aromatic carbocycles. The van der Waals surface area contributed by atoms with Gasteiger partial charge in [-0.15, -0.1) is 11.8 Å². The molecule has 3 heterocycles. The second kappa shape index (κ2) is 11.3. The SMILES string of the molecule is CC(C)OC(=O)[C@H](C)N[P@](=O)(OC[C@H]1S[C@@H](n2cnc3c(N)ncnc32)C(O)C1O)Oc1ccccc1. The number of aliphatic hydroxyl groups is 2. The molecular weight excluding hydrogens is 523 g/mol. The molecule has 0 bridgehead atoms. The van der Waals surface area contributed by atoms with Crippen molar-refractivity contribution < 1.29 is 33.4 Å². The van der Waals surface area contributed by atoms with E-state index in [0.29, 0.717) is 11.2 Å². The van der Waals surface area contributed by atoms with Crippen LogP contribution in [0, 0.1) is 0 Å². The maximum Gasteiger partial charge on any atom is 0.459 e. The molecule has 37 heavy (non-hydrogen) atoms. The van der Waals surface area contributed by atoms with Gasteiger partial charge in [-0.25, -0.2) is 19.5 Å². The number of ether oxygens (including phenoxy) is 1. The molecule has 13 nitrogen and oxygen atoms in total. The van der Waals surface area contributed by atoms with Crippen molar-refractivity contribution in [2.45, 2.75) is 55.7 Å². The van der Waals surface area contributed by atoms with Crippen molar-refractivity contribution in [1.29, 1.82) is 0 Å². The maximum atomic E-state index is 13.7. The summed E-state index contributed by atoms with van der Waals surface area (Å²) >= 11 is 1.19. The van der Waals surface area contributed by atoms with Gasteiger partial charge >= 0.3 is 13.7 Å². The summed E-state index contributed by atoms with van der Waals surface area (Å²) in [6, 6.07) is 7.31. The Morgan fingerprint density at radius 1 is 1.19 bits per heavy atom. The summed E-state index contributed by atoms with van der Waals surface area (Å²) in [7, 11) is -4.13. The predicted molar refractivity (Wildman–Crippen MR) is 137 cm³/mol. The van der Waals surface area contributed by atoms with E-state index >= 15 is 0 Å². The molecule has 2 aromatic heterocycles. The fourth-order valence-corrected chi connectivity index (χ4v) is 6.71. The zero-order valence-corrected chi connectivity index (χ0v) is 22.1. The summed E-state index contributed by atoms with van der Waals surface area (Å²) in [5.41, 5.74) is 6.62. The van der Waals surface area contributed by atoms with E-state index in [9.17, 15) is 19.6 Å². The van der Waals surface area contributed by atoms with Crippen molar-refractivity contribution in [2.75, 3.05) is 12.3 Å². The van der Waals surface area contributed by atoms with Gasteiger partial charge in [0.25, 0.3) is 0 Å². The van der Waals surface area contributed by atoms with E-state index in [2.05, 4.69) is 20.0 Å². The number of nitrogens with zero attached hydrogens (tertiary/aromatic N) is 4. The van der Waals surface area contributed by atoms with E-state index < -0.39 is 42.6 Å². The molecule has 0 radical (unpaired) electrons. The minimum atomic E-state index is -4.13. The van der Waals surface area contributed by atoms with Crippen LogP contribution in [0.3, 0.4) is 0 Å². The number of imidazole rings is 1. The average Bonchev–Trinajstić information content (AvgIpc) is 3.40. The van der Waals surface area contributed by atoms with Gasteiger partial charge in [-0.2, -0.15) is 5.09 Å². The number of carbonyl (C=O) groups excluding carboxylic acids is 1. The topological polar surface area (TPSA) is 184 Å². The van der Waals surface area contributed by atoms with Crippen LogP contribution in [-0.4, -0.2) is 71.9 Å². The molecular formula is C22H29N6O7PS. The van der Waals surface area contributed by atoms with Crippen LogP contribution >= 0.6 is 19.5 Å². The van der Waals surface area contributed by atoms with Crippen molar-refractivity contribution in [3.8, 4) is 5.75 Å². The summed E-state index contributed by atoms with van der Waals surface area (Å²) in [6.45, 7) is 4.61. The van der Waals surface area contributed by atoms with Gasteiger partial charge in [-0.05, 0) is 32.9 Å². The predicted octanol–water partition coefficient (Wildman–Crippen LogP) is 1.88. The zero-order valence-electron chi connectivity index (χ0n) is 20.4. The number of hydrogen-bond acceptors (Lipinski definition) is 12. The molecule has 1 fully saturated rings. The Bertz CT molecular complexity index is 1280. The van der Waals surface area contributed by atoms with E-state index in [-0.39, 0.29) is 24.3 Å². The number of benzene rings is 1. The van der Waals surface area contributed by atoms with Crippen LogP contribution in [0.15, 0.2) is 43.0 Å². The molecule has 6 atom stereocenters. The number of rotatable bonds is 10. The van der Waals surface area contributed by atoms with Crippen LogP contribution in [0.4, 0.5) is 5.82 Å². The number of para-hydroxylation sites is 1. The van der Waals surface area contributed by atoms with Crippen molar-refractivity contribution in [3.63, 3.8) is 0 Å². The van der Waals surface area contributed by atoms with Crippen molar-refractivity contribution >= 4 is 42.5 Å². The molecule has 4 rings (SSSR count). The Morgan fingerprint density at radius 3 is 2.62 bits per heavy atom. The molecule has 15 heteroatoms. The molecule has 1 saturated heterocycles. The largest absolute Gasteiger partial charge is 0.462 e. The number of aliphatic hydroxyl groups excluding tert-OH is 2. The molecule has 5 N–H and O–H groups in total. The summed E-state index contributed by atoms with van der Waals surface area (Å²) in [5, 5.41) is 22.7. The van der Waals surface area contributed by atoms with Gasteiger partial charge < -0.3 is 25.2 Å². The number of nitrogens with two attached hydrogens (primary N) is 1. The van der Waals surface area contributed by atoms with Crippen LogP contribution in [0.25, 0.3) is 11.2 Å². The monoisotopic (exact) mass is 552 g/mol. The number of nitrogens with one attached hydrogen (secondary N) is 1. The second-order valence-electron chi connectivity index (χ2n) is 8.66. The molecule has 0 spiro atoms. The number of nitrogen functional groups attached to an aromatic ring is 1. The van der Waals surface area contributed by atoms with Crippen molar-refractivity contribution in [3.05, 3.63) is 43.0 Å².